The van der Waals surface area contributed by atoms with Crippen molar-refractivity contribution in [3.63, 3.8) is 0 Å². The lowest BCUT2D eigenvalue weighted by molar-refractivity contribution is 0.447. The van der Waals surface area contributed by atoms with E-state index < -0.39 is 10.0 Å². The molecule has 6 nitrogen and oxygen atoms in total. The van der Waals surface area contributed by atoms with Gasteiger partial charge in [-0.15, -0.1) is 0 Å². The van der Waals surface area contributed by atoms with Crippen LogP contribution in [-0.2, 0) is 10.0 Å². The van der Waals surface area contributed by atoms with Crippen molar-refractivity contribution in [2.75, 3.05) is 26.2 Å². The number of fused-ring (bicyclic) bond motifs is 1. The zero-order valence-corrected chi connectivity index (χ0v) is 11.1. The molecule has 3 rings (SSSR count). The highest BCUT2D eigenvalue weighted by Crippen LogP contribution is 2.31. The quantitative estimate of drug-likeness (QED) is 0.809. The minimum absolute atomic E-state index is 0.0189. The molecule has 0 radical (unpaired) electrons. The van der Waals surface area contributed by atoms with Gasteiger partial charge in [0.2, 0.25) is 10.0 Å². The molecule has 19 heavy (non-hydrogen) atoms. The minimum Gasteiger partial charge on any atom is -0.316 e. The van der Waals surface area contributed by atoms with Crippen LogP contribution in [0.15, 0.2) is 23.2 Å². The number of aromatic nitrogens is 1. The summed E-state index contributed by atoms with van der Waals surface area (Å²) in [6.45, 7) is 2.79. The Bertz CT molecular complexity index is 625. The third-order valence-electron chi connectivity index (χ3n) is 3.85. The van der Waals surface area contributed by atoms with E-state index in [0.29, 0.717) is 24.9 Å². The van der Waals surface area contributed by atoms with Gasteiger partial charge in [-0.2, -0.15) is 9.57 Å². The molecule has 0 spiro atoms. The summed E-state index contributed by atoms with van der Waals surface area (Å²) in [6.07, 6.45) is 1.43. The molecule has 0 aliphatic carbocycles. The molecule has 0 bridgehead atoms. The fourth-order valence-corrected chi connectivity index (χ4v) is 4.48. The van der Waals surface area contributed by atoms with Gasteiger partial charge in [0, 0.05) is 19.3 Å². The first-order chi connectivity index (χ1) is 9.13. The average Bonchev–Trinajstić information content (AvgIpc) is 2.99. The molecule has 0 aromatic carbocycles. The Morgan fingerprint density at radius 3 is 2.68 bits per heavy atom. The van der Waals surface area contributed by atoms with Crippen LogP contribution in [-0.4, -0.2) is 43.9 Å². The summed E-state index contributed by atoms with van der Waals surface area (Å²) in [7, 11) is -3.60. The van der Waals surface area contributed by atoms with Crippen molar-refractivity contribution in [2.45, 2.75) is 4.90 Å². The SMILES string of the molecule is N#Cc1ncccc1S(=O)(=O)N1CC2CNCC2C1. The van der Waals surface area contributed by atoms with Gasteiger partial charge in [0.05, 0.1) is 0 Å². The van der Waals surface area contributed by atoms with Gasteiger partial charge in [0.1, 0.15) is 11.0 Å². The molecule has 100 valence electrons. The third-order valence-corrected chi connectivity index (χ3v) is 5.71. The lowest BCUT2D eigenvalue weighted by Gasteiger charge is -2.17. The van der Waals surface area contributed by atoms with E-state index in [0.717, 1.165) is 13.1 Å². The van der Waals surface area contributed by atoms with Crippen molar-refractivity contribution in [3.05, 3.63) is 24.0 Å². The second-order valence-corrected chi connectivity index (χ2v) is 6.87. The van der Waals surface area contributed by atoms with E-state index in [1.165, 1.54) is 16.6 Å². The Hall–Kier alpha value is -1.49. The molecule has 2 fully saturated rings. The topological polar surface area (TPSA) is 86.1 Å². The van der Waals surface area contributed by atoms with Crippen molar-refractivity contribution < 1.29 is 8.42 Å². The van der Waals surface area contributed by atoms with Crippen LogP contribution < -0.4 is 5.32 Å². The molecule has 2 aliphatic rings. The van der Waals surface area contributed by atoms with Crippen molar-refractivity contribution in [1.29, 1.82) is 5.26 Å². The second kappa shape index (κ2) is 4.56. The number of sulfonamides is 1. The maximum atomic E-state index is 12.6. The van der Waals surface area contributed by atoms with Gasteiger partial charge >= 0.3 is 0 Å². The number of hydrogen-bond donors (Lipinski definition) is 1. The Morgan fingerprint density at radius 2 is 2.05 bits per heavy atom. The summed E-state index contributed by atoms with van der Waals surface area (Å²) < 4.78 is 26.6. The second-order valence-electron chi connectivity index (χ2n) is 4.96. The number of hydrogen-bond acceptors (Lipinski definition) is 5. The number of nitrogens with zero attached hydrogens (tertiary/aromatic N) is 3. The minimum atomic E-state index is -3.60. The maximum Gasteiger partial charge on any atom is 0.245 e. The number of nitriles is 1. The molecule has 7 heteroatoms. The summed E-state index contributed by atoms with van der Waals surface area (Å²) in [5.74, 6) is 0.772. The predicted octanol–water partition coefficient (Wildman–Crippen LogP) is -0.207. The Morgan fingerprint density at radius 1 is 1.37 bits per heavy atom. The lowest BCUT2D eigenvalue weighted by atomic mass is 10.0. The van der Waals surface area contributed by atoms with Crippen LogP contribution in [0.3, 0.4) is 0 Å². The fourth-order valence-electron chi connectivity index (χ4n) is 2.83. The normalized spacial score (nSPS) is 27.1. The summed E-state index contributed by atoms with van der Waals surface area (Å²) in [6, 6.07) is 4.85. The first-order valence-electron chi connectivity index (χ1n) is 6.19. The molecule has 1 aromatic rings. The smallest absolute Gasteiger partial charge is 0.245 e. The van der Waals surface area contributed by atoms with Crippen molar-refractivity contribution in [2.24, 2.45) is 11.8 Å². The van der Waals surface area contributed by atoms with Gasteiger partial charge in [-0.3, -0.25) is 0 Å². The zero-order chi connectivity index (χ0) is 13.5. The number of nitrogens with one attached hydrogen (secondary N) is 1. The Kier molecular flexibility index (Phi) is 3.01. The highest BCUT2D eigenvalue weighted by molar-refractivity contribution is 7.89. The fraction of sp³-hybridized carbons (Fsp3) is 0.500. The van der Waals surface area contributed by atoms with Crippen molar-refractivity contribution in [3.8, 4) is 6.07 Å². The first kappa shape index (κ1) is 12.5. The molecule has 3 heterocycles. The Labute approximate surface area is 112 Å². The number of rotatable bonds is 2. The number of pyridine rings is 1. The van der Waals surface area contributed by atoms with E-state index in [1.807, 2.05) is 6.07 Å². The van der Waals surface area contributed by atoms with Crippen LogP contribution in [0, 0.1) is 23.2 Å². The first-order valence-corrected chi connectivity index (χ1v) is 7.63. The molecule has 0 saturated carbocycles. The van der Waals surface area contributed by atoms with Gasteiger partial charge in [-0.25, -0.2) is 13.4 Å². The summed E-state index contributed by atoms with van der Waals surface area (Å²) in [5.41, 5.74) is -0.0299. The van der Waals surface area contributed by atoms with Gasteiger partial charge in [-0.1, -0.05) is 0 Å². The monoisotopic (exact) mass is 278 g/mol. The van der Waals surface area contributed by atoms with E-state index in [4.69, 9.17) is 5.26 Å². The molecule has 0 amide bonds. The third kappa shape index (κ3) is 2.02. The highest BCUT2D eigenvalue weighted by Gasteiger charge is 2.42. The molecule has 2 atom stereocenters. The van der Waals surface area contributed by atoms with Crippen LogP contribution in [0.1, 0.15) is 5.69 Å². The molecule has 1 N–H and O–H groups in total. The van der Waals surface area contributed by atoms with Crippen LogP contribution in [0.25, 0.3) is 0 Å². The molecule has 2 aliphatic heterocycles. The largest absolute Gasteiger partial charge is 0.316 e. The average molecular weight is 278 g/mol. The lowest BCUT2D eigenvalue weighted by Crippen LogP contribution is -2.32. The van der Waals surface area contributed by atoms with Crippen LogP contribution in [0.5, 0.6) is 0 Å². The maximum absolute atomic E-state index is 12.6. The molecule has 1 aromatic heterocycles. The van der Waals surface area contributed by atoms with E-state index in [9.17, 15) is 8.42 Å². The van der Waals surface area contributed by atoms with Crippen LogP contribution in [0.4, 0.5) is 0 Å². The van der Waals surface area contributed by atoms with E-state index in [2.05, 4.69) is 10.3 Å². The van der Waals surface area contributed by atoms with Crippen molar-refractivity contribution >= 4 is 10.0 Å². The van der Waals surface area contributed by atoms with E-state index in [-0.39, 0.29) is 10.6 Å². The standard InChI is InChI=1S/C12H14N4O2S/c13-4-11-12(2-1-3-15-11)19(17,18)16-7-9-5-14-6-10(9)8-16/h1-3,9-10,14H,5-8H2. The summed E-state index contributed by atoms with van der Waals surface area (Å²) >= 11 is 0. The predicted molar refractivity (Wildman–Crippen MR) is 67.6 cm³/mol. The van der Waals surface area contributed by atoms with Gasteiger partial charge < -0.3 is 5.32 Å². The van der Waals surface area contributed by atoms with Crippen LogP contribution in [0.2, 0.25) is 0 Å². The van der Waals surface area contributed by atoms with E-state index >= 15 is 0 Å². The van der Waals surface area contributed by atoms with Gasteiger partial charge in [-0.05, 0) is 37.1 Å². The highest BCUT2D eigenvalue weighted by atomic mass is 32.2. The molecule has 2 unspecified atom stereocenters. The van der Waals surface area contributed by atoms with E-state index in [1.54, 1.807) is 6.07 Å². The summed E-state index contributed by atoms with van der Waals surface area (Å²) in [5, 5.41) is 12.3. The van der Waals surface area contributed by atoms with Crippen LogP contribution >= 0.6 is 0 Å². The molecular weight excluding hydrogens is 264 g/mol. The molecular formula is C12H14N4O2S. The van der Waals surface area contributed by atoms with Gasteiger partial charge in [0.25, 0.3) is 0 Å². The van der Waals surface area contributed by atoms with Crippen molar-refractivity contribution in [1.82, 2.24) is 14.6 Å². The Balaban J connectivity index is 1.94. The van der Waals surface area contributed by atoms with Gasteiger partial charge in [0.15, 0.2) is 5.69 Å². The summed E-state index contributed by atoms with van der Waals surface area (Å²) in [4.78, 5) is 3.85. The molecule has 2 saturated heterocycles. The zero-order valence-electron chi connectivity index (χ0n) is 10.3.